The molecule has 2 aliphatic rings. The third-order valence-electron chi connectivity index (χ3n) is 6.19. The first-order valence-electron chi connectivity index (χ1n) is 11.0. The number of halogens is 3. The van der Waals surface area contributed by atoms with E-state index in [2.05, 4.69) is 0 Å². The van der Waals surface area contributed by atoms with E-state index >= 15 is 0 Å². The minimum Gasteiger partial charge on any atom is -0.394 e. The second kappa shape index (κ2) is 9.50. The fraction of sp³-hybridized carbons (Fsp3) is 0.280. The van der Waals surface area contributed by atoms with Crippen LogP contribution in [0, 0.1) is 5.82 Å². The van der Waals surface area contributed by atoms with Gasteiger partial charge in [0.25, 0.3) is 5.91 Å². The molecule has 1 saturated heterocycles. The number of likely N-dealkylation sites (tertiary alicyclic amines) is 1. The van der Waals surface area contributed by atoms with E-state index in [9.17, 15) is 14.3 Å². The van der Waals surface area contributed by atoms with Gasteiger partial charge in [-0.15, -0.1) is 0 Å². The summed E-state index contributed by atoms with van der Waals surface area (Å²) in [5.74, 6) is -0.569. The highest BCUT2D eigenvalue weighted by Crippen LogP contribution is 2.35. The quantitative estimate of drug-likeness (QED) is 0.546. The Morgan fingerprint density at radius 2 is 2.00 bits per heavy atom. The van der Waals surface area contributed by atoms with Gasteiger partial charge in [-0.05, 0) is 54.8 Å². The lowest BCUT2D eigenvalue weighted by molar-refractivity contribution is 0.0665. The van der Waals surface area contributed by atoms with E-state index in [1.54, 1.807) is 39.9 Å². The van der Waals surface area contributed by atoms with E-state index in [0.29, 0.717) is 33.5 Å². The fourth-order valence-corrected chi connectivity index (χ4v) is 5.04. The molecule has 0 saturated carbocycles. The predicted octanol–water partition coefficient (Wildman–Crippen LogP) is 4.99. The molecule has 1 N–H and O–H groups in total. The minimum atomic E-state index is -0.322. The van der Waals surface area contributed by atoms with Crippen molar-refractivity contribution in [3.8, 4) is 5.69 Å². The third-order valence-corrected chi connectivity index (χ3v) is 6.73. The zero-order valence-corrected chi connectivity index (χ0v) is 19.7. The summed E-state index contributed by atoms with van der Waals surface area (Å²) in [6.45, 7) is 0.967. The normalized spacial score (nSPS) is 19.0. The summed E-state index contributed by atoms with van der Waals surface area (Å²) >= 11 is 12.6. The summed E-state index contributed by atoms with van der Waals surface area (Å²) in [4.78, 5) is 15.2. The summed E-state index contributed by atoms with van der Waals surface area (Å²) in [5, 5.41) is 15.3. The molecular weight excluding hydrogens is 480 g/mol. The molecule has 3 aromatic rings. The number of carbonyl (C=O) groups is 1. The largest absolute Gasteiger partial charge is 0.394 e. The Bertz CT molecular complexity index is 1270. The zero-order chi connectivity index (χ0) is 23.8. The average Bonchev–Trinajstić information content (AvgIpc) is 3.46. The smallest absolute Gasteiger partial charge is 0.275 e. The van der Waals surface area contributed by atoms with Gasteiger partial charge in [-0.25, -0.2) is 9.07 Å². The number of hydrogen-bond acceptors (Lipinski definition) is 4. The summed E-state index contributed by atoms with van der Waals surface area (Å²) in [5.41, 5.74) is 3.78. The monoisotopic (exact) mass is 501 g/mol. The van der Waals surface area contributed by atoms with Gasteiger partial charge in [0.2, 0.25) is 0 Å². The standard InChI is InChI=1S/C25H22Cl2FN3O3/c26-17-5-8-22(21(27)11-17)31-24-16(10-15-3-6-18(28)7-4-15)13-34-14-20(24)23(29-31)25(33)30-9-1-2-19(30)12-32/h3-8,10-11,19,32H,1-2,9,12-14H2/b16-10+/t19-/m1/s1. The van der Waals surface area contributed by atoms with Gasteiger partial charge in [0.15, 0.2) is 5.69 Å². The van der Waals surface area contributed by atoms with Crippen molar-refractivity contribution in [2.24, 2.45) is 0 Å². The number of aromatic nitrogens is 2. The number of ether oxygens (including phenoxy) is 1. The topological polar surface area (TPSA) is 67.6 Å². The van der Waals surface area contributed by atoms with Gasteiger partial charge in [-0.3, -0.25) is 4.79 Å². The molecule has 1 amide bonds. The van der Waals surface area contributed by atoms with Crippen LogP contribution in [0.5, 0.6) is 0 Å². The Labute approximate surface area is 206 Å². The predicted molar refractivity (Wildman–Crippen MR) is 129 cm³/mol. The number of nitrogens with zero attached hydrogens (tertiary/aromatic N) is 3. The molecule has 0 unspecified atom stereocenters. The van der Waals surface area contributed by atoms with Crippen LogP contribution in [0.3, 0.4) is 0 Å². The van der Waals surface area contributed by atoms with Crippen LogP contribution < -0.4 is 0 Å². The number of aliphatic hydroxyl groups is 1. The number of carbonyl (C=O) groups excluding carboxylic acids is 1. The average molecular weight is 502 g/mol. The molecule has 1 atom stereocenters. The van der Waals surface area contributed by atoms with Gasteiger partial charge in [-0.1, -0.05) is 35.3 Å². The summed E-state index contributed by atoms with van der Waals surface area (Å²) in [6, 6.07) is 11.0. The van der Waals surface area contributed by atoms with Crippen LogP contribution in [0.1, 0.15) is 40.2 Å². The van der Waals surface area contributed by atoms with Crippen molar-refractivity contribution in [1.29, 1.82) is 0 Å². The van der Waals surface area contributed by atoms with Gasteiger partial charge in [0, 0.05) is 22.7 Å². The summed E-state index contributed by atoms with van der Waals surface area (Å²) in [6.07, 6.45) is 3.47. The number of fused-ring (bicyclic) bond motifs is 1. The number of amides is 1. The number of aliphatic hydroxyl groups excluding tert-OH is 1. The van der Waals surface area contributed by atoms with Gasteiger partial charge in [-0.2, -0.15) is 5.10 Å². The molecule has 2 aliphatic heterocycles. The first kappa shape index (κ1) is 23.1. The first-order valence-corrected chi connectivity index (χ1v) is 11.7. The second-order valence-corrected chi connectivity index (χ2v) is 9.22. The molecule has 34 heavy (non-hydrogen) atoms. The van der Waals surface area contributed by atoms with Gasteiger partial charge >= 0.3 is 0 Å². The molecule has 6 nitrogen and oxygen atoms in total. The van der Waals surface area contributed by atoms with Crippen LogP contribution in [0.2, 0.25) is 10.0 Å². The molecule has 0 aliphatic carbocycles. The summed E-state index contributed by atoms with van der Waals surface area (Å²) in [7, 11) is 0. The SMILES string of the molecule is O=C(c1nn(-c2ccc(Cl)cc2Cl)c2c1COC/C2=C\c1ccc(F)cc1)N1CCC[C@@H]1CO. The molecule has 1 fully saturated rings. The highest BCUT2D eigenvalue weighted by molar-refractivity contribution is 6.35. The molecule has 176 valence electrons. The number of benzene rings is 2. The van der Waals surface area contributed by atoms with E-state index in [4.69, 9.17) is 33.0 Å². The molecule has 1 aromatic heterocycles. The number of hydrogen-bond donors (Lipinski definition) is 1. The molecule has 2 aromatic carbocycles. The molecule has 0 spiro atoms. The van der Waals surface area contributed by atoms with Crippen LogP contribution in [-0.2, 0) is 11.3 Å². The maximum atomic E-state index is 13.5. The lowest BCUT2D eigenvalue weighted by Gasteiger charge is -2.23. The molecular formula is C25H22Cl2FN3O3. The van der Waals surface area contributed by atoms with Crippen LogP contribution in [0.25, 0.3) is 17.3 Å². The van der Waals surface area contributed by atoms with Crippen LogP contribution >= 0.6 is 23.2 Å². The van der Waals surface area contributed by atoms with E-state index in [0.717, 1.165) is 24.0 Å². The Morgan fingerprint density at radius 1 is 1.21 bits per heavy atom. The van der Waals surface area contributed by atoms with Crippen molar-refractivity contribution in [2.75, 3.05) is 19.8 Å². The van der Waals surface area contributed by atoms with Crippen molar-refractivity contribution in [1.82, 2.24) is 14.7 Å². The lowest BCUT2D eigenvalue weighted by Crippen LogP contribution is -2.38. The van der Waals surface area contributed by atoms with Crippen LogP contribution in [0.15, 0.2) is 42.5 Å². The highest BCUT2D eigenvalue weighted by Gasteiger charge is 2.35. The zero-order valence-electron chi connectivity index (χ0n) is 18.2. The molecule has 3 heterocycles. The summed E-state index contributed by atoms with van der Waals surface area (Å²) < 4.78 is 20.9. The van der Waals surface area contributed by atoms with Crippen molar-refractivity contribution in [2.45, 2.75) is 25.5 Å². The maximum Gasteiger partial charge on any atom is 0.275 e. The van der Waals surface area contributed by atoms with E-state index in [1.165, 1.54) is 12.1 Å². The van der Waals surface area contributed by atoms with Gasteiger partial charge < -0.3 is 14.7 Å². The van der Waals surface area contributed by atoms with E-state index in [1.807, 2.05) is 6.08 Å². The maximum absolute atomic E-state index is 13.5. The van der Waals surface area contributed by atoms with Crippen LogP contribution in [0.4, 0.5) is 4.39 Å². The second-order valence-electron chi connectivity index (χ2n) is 8.37. The van der Waals surface area contributed by atoms with Crippen molar-refractivity contribution < 1.29 is 19.0 Å². The third kappa shape index (κ3) is 4.25. The Kier molecular flexibility index (Phi) is 6.44. The molecule has 0 bridgehead atoms. The lowest BCUT2D eigenvalue weighted by atomic mass is 10.0. The first-order chi connectivity index (χ1) is 16.5. The molecule has 9 heteroatoms. The number of rotatable bonds is 4. The van der Waals surface area contributed by atoms with Crippen molar-refractivity contribution in [3.05, 3.63) is 80.8 Å². The van der Waals surface area contributed by atoms with Crippen molar-refractivity contribution in [3.63, 3.8) is 0 Å². The highest BCUT2D eigenvalue weighted by atomic mass is 35.5. The van der Waals surface area contributed by atoms with E-state index < -0.39 is 0 Å². The van der Waals surface area contributed by atoms with Crippen molar-refractivity contribution >= 4 is 40.8 Å². The Hall–Kier alpha value is -2.71. The molecule has 5 rings (SSSR count). The Balaban J connectivity index is 1.68. The molecule has 0 radical (unpaired) electrons. The van der Waals surface area contributed by atoms with Gasteiger partial charge in [0.1, 0.15) is 5.82 Å². The Morgan fingerprint density at radius 3 is 2.74 bits per heavy atom. The minimum absolute atomic E-state index is 0.0934. The van der Waals surface area contributed by atoms with Gasteiger partial charge in [0.05, 0.1) is 42.3 Å². The van der Waals surface area contributed by atoms with Crippen LogP contribution in [-0.4, -0.2) is 51.5 Å². The fourth-order valence-electron chi connectivity index (χ4n) is 4.55. The van der Waals surface area contributed by atoms with E-state index in [-0.39, 0.29) is 43.3 Å².